The standard InChI is InChI=1S/C14H20N2O2/c1-18-12-6-2-10(3-7-12)8-14(17)16-9-13(15)11-4-5-11/h2-3,6-7,11,13H,4-5,8-9,15H2,1H3,(H,16,17). The van der Waals surface area contributed by atoms with Crippen LogP contribution in [0.5, 0.6) is 5.75 Å². The number of nitrogens with two attached hydrogens (primary N) is 1. The van der Waals surface area contributed by atoms with Crippen molar-refractivity contribution in [2.75, 3.05) is 13.7 Å². The third kappa shape index (κ3) is 3.74. The molecule has 1 aromatic carbocycles. The first-order chi connectivity index (χ1) is 8.69. The highest BCUT2D eigenvalue weighted by atomic mass is 16.5. The molecule has 1 aromatic rings. The van der Waals surface area contributed by atoms with Crippen LogP contribution in [-0.2, 0) is 11.2 Å². The summed E-state index contributed by atoms with van der Waals surface area (Å²) in [6, 6.07) is 7.64. The van der Waals surface area contributed by atoms with Crippen LogP contribution in [0.25, 0.3) is 0 Å². The fourth-order valence-electron chi connectivity index (χ4n) is 1.91. The Kier molecular flexibility index (Phi) is 4.20. The van der Waals surface area contributed by atoms with Crippen molar-refractivity contribution in [2.24, 2.45) is 11.7 Å². The Balaban J connectivity index is 1.75. The molecule has 1 unspecified atom stereocenters. The summed E-state index contributed by atoms with van der Waals surface area (Å²) in [5, 5.41) is 2.89. The van der Waals surface area contributed by atoms with Crippen molar-refractivity contribution in [3.8, 4) is 5.75 Å². The topological polar surface area (TPSA) is 64.3 Å². The van der Waals surface area contributed by atoms with Crippen LogP contribution >= 0.6 is 0 Å². The van der Waals surface area contributed by atoms with Gasteiger partial charge < -0.3 is 15.8 Å². The van der Waals surface area contributed by atoms with Gasteiger partial charge in [-0.2, -0.15) is 0 Å². The average Bonchev–Trinajstić information content (AvgIpc) is 3.21. The smallest absolute Gasteiger partial charge is 0.224 e. The second kappa shape index (κ2) is 5.87. The molecule has 0 aromatic heterocycles. The first-order valence-corrected chi connectivity index (χ1v) is 6.34. The quantitative estimate of drug-likeness (QED) is 0.792. The molecule has 1 fully saturated rings. The van der Waals surface area contributed by atoms with Gasteiger partial charge in [0.05, 0.1) is 13.5 Å². The van der Waals surface area contributed by atoms with E-state index in [1.54, 1.807) is 7.11 Å². The number of amides is 1. The first kappa shape index (κ1) is 12.9. The minimum Gasteiger partial charge on any atom is -0.497 e. The van der Waals surface area contributed by atoms with E-state index in [4.69, 9.17) is 10.5 Å². The number of hydrogen-bond donors (Lipinski definition) is 2. The van der Waals surface area contributed by atoms with Crippen LogP contribution in [0.15, 0.2) is 24.3 Å². The summed E-state index contributed by atoms with van der Waals surface area (Å²) in [6.07, 6.45) is 2.80. The Hall–Kier alpha value is -1.55. The summed E-state index contributed by atoms with van der Waals surface area (Å²) in [4.78, 5) is 11.7. The first-order valence-electron chi connectivity index (χ1n) is 6.34. The summed E-state index contributed by atoms with van der Waals surface area (Å²) < 4.78 is 5.07. The van der Waals surface area contributed by atoms with E-state index < -0.39 is 0 Å². The Labute approximate surface area is 108 Å². The van der Waals surface area contributed by atoms with Gasteiger partial charge in [0.15, 0.2) is 0 Å². The van der Waals surface area contributed by atoms with Gasteiger partial charge in [0.2, 0.25) is 5.91 Å². The van der Waals surface area contributed by atoms with Crippen LogP contribution in [0, 0.1) is 5.92 Å². The molecule has 0 bridgehead atoms. The molecule has 2 rings (SSSR count). The zero-order valence-electron chi connectivity index (χ0n) is 10.7. The third-order valence-corrected chi connectivity index (χ3v) is 3.29. The predicted octanol–water partition coefficient (Wildman–Crippen LogP) is 1.09. The summed E-state index contributed by atoms with van der Waals surface area (Å²) >= 11 is 0. The highest BCUT2D eigenvalue weighted by molar-refractivity contribution is 5.78. The molecule has 4 nitrogen and oxygen atoms in total. The SMILES string of the molecule is COc1ccc(CC(=O)NCC(N)C2CC2)cc1. The van der Waals surface area contributed by atoms with Gasteiger partial charge in [-0.3, -0.25) is 4.79 Å². The van der Waals surface area contributed by atoms with Crippen LogP contribution in [0.4, 0.5) is 0 Å². The van der Waals surface area contributed by atoms with E-state index in [9.17, 15) is 4.79 Å². The van der Waals surface area contributed by atoms with Gasteiger partial charge in [-0.15, -0.1) is 0 Å². The molecule has 98 valence electrons. The lowest BCUT2D eigenvalue weighted by Crippen LogP contribution is -2.39. The fourth-order valence-corrected chi connectivity index (χ4v) is 1.91. The number of nitrogens with one attached hydrogen (secondary N) is 1. The zero-order chi connectivity index (χ0) is 13.0. The number of carbonyl (C=O) groups excluding carboxylic acids is 1. The van der Waals surface area contributed by atoms with Gasteiger partial charge >= 0.3 is 0 Å². The van der Waals surface area contributed by atoms with Gasteiger partial charge in [-0.25, -0.2) is 0 Å². The van der Waals surface area contributed by atoms with E-state index in [-0.39, 0.29) is 11.9 Å². The van der Waals surface area contributed by atoms with Gasteiger partial charge in [0.1, 0.15) is 5.75 Å². The van der Waals surface area contributed by atoms with Crippen LogP contribution in [0.3, 0.4) is 0 Å². The number of benzene rings is 1. The summed E-state index contributed by atoms with van der Waals surface area (Å²) in [5.41, 5.74) is 6.91. The minimum atomic E-state index is 0.0243. The fraction of sp³-hybridized carbons (Fsp3) is 0.500. The Morgan fingerprint density at radius 1 is 1.44 bits per heavy atom. The molecule has 0 saturated heterocycles. The lowest BCUT2D eigenvalue weighted by Gasteiger charge is -2.11. The molecule has 3 N–H and O–H groups in total. The Morgan fingerprint density at radius 2 is 2.11 bits per heavy atom. The second-order valence-corrected chi connectivity index (χ2v) is 4.83. The zero-order valence-corrected chi connectivity index (χ0v) is 10.7. The summed E-state index contributed by atoms with van der Waals surface area (Å²) in [5.74, 6) is 1.44. The van der Waals surface area contributed by atoms with Crippen molar-refractivity contribution >= 4 is 5.91 Å². The Bertz CT molecular complexity index is 399. The van der Waals surface area contributed by atoms with Crippen molar-refractivity contribution in [2.45, 2.75) is 25.3 Å². The monoisotopic (exact) mass is 248 g/mol. The van der Waals surface area contributed by atoms with Crippen molar-refractivity contribution in [3.05, 3.63) is 29.8 Å². The molecule has 1 atom stereocenters. The van der Waals surface area contributed by atoms with Crippen molar-refractivity contribution in [3.63, 3.8) is 0 Å². The van der Waals surface area contributed by atoms with Gasteiger partial charge in [-0.1, -0.05) is 12.1 Å². The molecule has 1 saturated carbocycles. The molecule has 1 aliphatic carbocycles. The average molecular weight is 248 g/mol. The molecule has 0 radical (unpaired) electrons. The number of methoxy groups -OCH3 is 1. The van der Waals surface area contributed by atoms with E-state index in [2.05, 4.69) is 5.32 Å². The largest absolute Gasteiger partial charge is 0.497 e. The predicted molar refractivity (Wildman–Crippen MR) is 70.4 cm³/mol. The molecule has 1 amide bonds. The Morgan fingerprint density at radius 3 is 2.67 bits per heavy atom. The van der Waals surface area contributed by atoms with Gasteiger partial charge in [-0.05, 0) is 36.5 Å². The molecule has 0 aliphatic heterocycles. The molecule has 1 aliphatic rings. The van der Waals surface area contributed by atoms with E-state index in [0.29, 0.717) is 18.9 Å². The maximum absolute atomic E-state index is 11.7. The van der Waals surface area contributed by atoms with Gasteiger partial charge in [0, 0.05) is 12.6 Å². The number of carbonyl (C=O) groups is 1. The molecule has 18 heavy (non-hydrogen) atoms. The normalized spacial score (nSPS) is 16.1. The lowest BCUT2D eigenvalue weighted by atomic mass is 10.1. The maximum Gasteiger partial charge on any atom is 0.224 e. The third-order valence-electron chi connectivity index (χ3n) is 3.29. The molecule has 4 heteroatoms. The van der Waals surface area contributed by atoms with Crippen LogP contribution < -0.4 is 15.8 Å². The van der Waals surface area contributed by atoms with Crippen LogP contribution in [-0.4, -0.2) is 25.6 Å². The minimum absolute atomic E-state index is 0.0243. The molecule has 0 heterocycles. The van der Waals surface area contributed by atoms with E-state index in [0.717, 1.165) is 11.3 Å². The number of hydrogen-bond acceptors (Lipinski definition) is 3. The highest BCUT2D eigenvalue weighted by Crippen LogP contribution is 2.31. The van der Waals surface area contributed by atoms with Crippen molar-refractivity contribution in [1.29, 1.82) is 0 Å². The van der Waals surface area contributed by atoms with Gasteiger partial charge in [0.25, 0.3) is 0 Å². The molecular formula is C14H20N2O2. The second-order valence-electron chi connectivity index (χ2n) is 4.83. The summed E-state index contributed by atoms with van der Waals surface area (Å²) in [7, 11) is 1.63. The van der Waals surface area contributed by atoms with Crippen molar-refractivity contribution in [1.82, 2.24) is 5.32 Å². The van der Waals surface area contributed by atoms with E-state index in [1.165, 1.54) is 12.8 Å². The van der Waals surface area contributed by atoms with Crippen LogP contribution in [0.1, 0.15) is 18.4 Å². The molecular weight excluding hydrogens is 228 g/mol. The van der Waals surface area contributed by atoms with E-state index >= 15 is 0 Å². The van der Waals surface area contributed by atoms with E-state index in [1.807, 2.05) is 24.3 Å². The van der Waals surface area contributed by atoms with Crippen LogP contribution in [0.2, 0.25) is 0 Å². The number of ether oxygens (including phenoxy) is 1. The maximum atomic E-state index is 11.7. The lowest BCUT2D eigenvalue weighted by molar-refractivity contribution is -0.120. The van der Waals surface area contributed by atoms with Crippen molar-refractivity contribution < 1.29 is 9.53 Å². The molecule has 0 spiro atoms. The highest BCUT2D eigenvalue weighted by Gasteiger charge is 2.28. The summed E-state index contributed by atoms with van der Waals surface area (Å²) in [6.45, 7) is 0.583. The number of rotatable bonds is 6.